The molecule has 2 N–H and O–H groups in total. The standard InChI is InChI=1S/C13H18O5S/c1-2-11(14)9-3-5-10(6-4-9)18-13-8-19(16,17)7-12(13)15/h3-6,11-15H,2,7-8H2,1H3/t11-,12?,13?/m1/s1. The SMILES string of the molecule is CC[C@@H](O)c1ccc(OC2CS(=O)(=O)CC2O)cc1. The zero-order chi connectivity index (χ0) is 14.0. The lowest BCUT2D eigenvalue weighted by molar-refractivity contribution is 0.0737. The number of aliphatic hydroxyl groups excluding tert-OH is 2. The molecule has 106 valence electrons. The average molecular weight is 286 g/mol. The molecule has 2 unspecified atom stereocenters. The maximum atomic E-state index is 11.4. The van der Waals surface area contributed by atoms with Crippen LogP contribution >= 0.6 is 0 Å². The predicted molar refractivity (Wildman–Crippen MR) is 70.8 cm³/mol. The van der Waals surface area contributed by atoms with Gasteiger partial charge in [-0.2, -0.15) is 0 Å². The number of rotatable bonds is 4. The lowest BCUT2D eigenvalue weighted by Crippen LogP contribution is -2.29. The zero-order valence-electron chi connectivity index (χ0n) is 10.7. The van der Waals surface area contributed by atoms with E-state index in [0.29, 0.717) is 12.2 Å². The normalized spacial score (nSPS) is 27.1. The lowest BCUT2D eigenvalue weighted by atomic mass is 10.1. The summed E-state index contributed by atoms with van der Waals surface area (Å²) in [5, 5.41) is 19.3. The molecule has 1 aromatic rings. The van der Waals surface area contributed by atoms with Crippen molar-refractivity contribution >= 4 is 9.84 Å². The Morgan fingerprint density at radius 2 is 1.95 bits per heavy atom. The van der Waals surface area contributed by atoms with Crippen LogP contribution < -0.4 is 4.74 Å². The highest BCUT2D eigenvalue weighted by Gasteiger charge is 2.38. The minimum atomic E-state index is -3.21. The summed E-state index contributed by atoms with van der Waals surface area (Å²) in [4.78, 5) is 0. The van der Waals surface area contributed by atoms with Gasteiger partial charge in [0.15, 0.2) is 9.84 Å². The molecule has 0 saturated carbocycles. The predicted octanol–water partition coefficient (Wildman–Crippen LogP) is 0.667. The van der Waals surface area contributed by atoms with E-state index in [1.165, 1.54) is 0 Å². The molecule has 0 aromatic heterocycles. The molecule has 0 aliphatic carbocycles. The van der Waals surface area contributed by atoms with Gasteiger partial charge in [-0.05, 0) is 24.1 Å². The van der Waals surface area contributed by atoms with Crippen LogP contribution in [0.15, 0.2) is 24.3 Å². The Bertz CT molecular complexity index is 522. The number of sulfone groups is 1. The minimum Gasteiger partial charge on any atom is -0.487 e. The van der Waals surface area contributed by atoms with Crippen molar-refractivity contribution in [3.8, 4) is 5.75 Å². The molecule has 0 spiro atoms. The van der Waals surface area contributed by atoms with Crippen molar-refractivity contribution in [2.75, 3.05) is 11.5 Å². The van der Waals surface area contributed by atoms with Crippen LogP contribution in [-0.4, -0.2) is 42.3 Å². The van der Waals surface area contributed by atoms with Gasteiger partial charge < -0.3 is 14.9 Å². The highest BCUT2D eigenvalue weighted by Crippen LogP contribution is 2.23. The molecular weight excluding hydrogens is 268 g/mol. The number of hydrogen-bond donors (Lipinski definition) is 2. The van der Waals surface area contributed by atoms with Crippen molar-refractivity contribution in [2.24, 2.45) is 0 Å². The summed E-state index contributed by atoms with van der Waals surface area (Å²) in [6.07, 6.45) is -1.58. The fraction of sp³-hybridized carbons (Fsp3) is 0.538. The van der Waals surface area contributed by atoms with Crippen molar-refractivity contribution < 1.29 is 23.4 Å². The summed E-state index contributed by atoms with van der Waals surface area (Å²) in [5.74, 6) is 0.0887. The first-order chi connectivity index (χ1) is 8.91. The molecule has 0 bridgehead atoms. The van der Waals surface area contributed by atoms with E-state index in [4.69, 9.17) is 4.74 Å². The summed E-state index contributed by atoms with van der Waals surface area (Å²) in [6, 6.07) is 6.82. The lowest BCUT2D eigenvalue weighted by Gasteiger charge is -2.16. The molecule has 3 atom stereocenters. The topological polar surface area (TPSA) is 83.8 Å². The van der Waals surface area contributed by atoms with Gasteiger partial charge in [0, 0.05) is 0 Å². The van der Waals surface area contributed by atoms with Crippen molar-refractivity contribution in [2.45, 2.75) is 31.7 Å². The Balaban J connectivity index is 2.04. The molecule has 1 fully saturated rings. The van der Waals surface area contributed by atoms with Crippen LogP contribution in [0.5, 0.6) is 5.75 Å². The quantitative estimate of drug-likeness (QED) is 0.850. The number of benzene rings is 1. The third-order valence-electron chi connectivity index (χ3n) is 3.21. The van der Waals surface area contributed by atoms with Crippen LogP contribution in [0.2, 0.25) is 0 Å². The second-order valence-corrected chi connectivity index (χ2v) is 6.95. The van der Waals surface area contributed by atoms with E-state index in [1.807, 2.05) is 6.92 Å². The van der Waals surface area contributed by atoms with Crippen molar-refractivity contribution in [1.29, 1.82) is 0 Å². The molecule has 2 rings (SSSR count). The Kier molecular flexibility index (Phi) is 4.13. The van der Waals surface area contributed by atoms with E-state index >= 15 is 0 Å². The molecule has 1 heterocycles. The Morgan fingerprint density at radius 3 is 2.42 bits per heavy atom. The van der Waals surface area contributed by atoms with Crippen LogP contribution in [0.25, 0.3) is 0 Å². The third kappa shape index (κ3) is 3.46. The van der Waals surface area contributed by atoms with Crippen molar-refractivity contribution in [3.63, 3.8) is 0 Å². The Morgan fingerprint density at radius 1 is 1.32 bits per heavy atom. The van der Waals surface area contributed by atoms with Gasteiger partial charge in [0.25, 0.3) is 0 Å². The largest absolute Gasteiger partial charge is 0.487 e. The number of ether oxygens (including phenoxy) is 1. The molecule has 1 aliphatic rings. The molecular formula is C13H18O5S. The van der Waals surface area contributed by atoms with Gasteiger partial charge in [-0.25, -0.2) is 8.42 Å². The molecule has 6 heteroatoms. The monoisotopic (exact) mass is 286 g/mol. The zero-order valence-corrected chi connectivity index (χ0v) is 11.5. The van der Waals surface area contributed by atoms with Crippen LogP contribution in [0, 0.1) is 0 Å². The van der Waals surface area contributed by atoms with Crippen LogP contribution in [0.4, 0.5) is 0 Å². The summed E-state index contributed by atoms with van der Waals surface area (Å²) in [7, 11) is -3.21. The van der Waals surface area contributed by atoms with Crippen LogP contribution in [-0.2, 0) is 9.84 Å². The smallest absolute Gasteiger partial charge is 0.156 e. The molecule has 19 heavy (non-hydrogen) atoms. The maximum absolute atomic E-state index is 11.4. The Hall–Kier alpha value is -1.11. The molecule has 1 aliphatic heterocycles. The van der Waals surface area contributed by atoms with E-state index in [1.54, 1.807) is 24.3 Å². The van der Waals surface area contributed by atoms with E-state index in [-0.39, 0.29) is 11.5 Å². The fourth-order valence-corrected chi connectivity index (χ4v) is 3.75. The number of hydrogen-bond acceptors (Lipinski definition) is 5. The molecule has 5 nitrogen and oxygen atoms in total. The van der Waals surface area contributed by atoms with E-state index < -0.39 is 28.1 Å². The van der Waals surface area contributed by atoms with Crippen LogP contribution in [0.3, 0.4) is 0 Å². The van der Waals surface area contributed by atoms with E-state index in [2.05, 4.69) is 0 Å². The van der Waals surface area contributed by atoms with Gasteiger partial charge in [0.1, 0.15) is 18.0 Å². The van der Waals surface area contributed by atoms with Crippen molar-refractivity contribution in [3.05, 3.63) is 29.8 Å². The number of aliphatic hydroxyl groups is 2. The van der Waals surface area contributed by atoms with E-state index in [0.717, 1.165) is 5.56 Å². The van der Waals surface area contributed by atoms with Gasteiger partial charge in [-0.15, -0.1) is 0 Å². The van der Waals surface area contributed by atoms with Crippen LogP contribution in [0.1, 0.15) is 25.0 Å². The molecule has 1 aromatic carbocycles. The second kappa shape index (κ2) is 5.48. The minimum absolute atomic E-state index is 0.159. The van der Waals surface area contributed by atoms with E-state index in [9.17, 15) is 18.6 Å². The summed E-state index contributed by atoms with van der Waals surface area (Å²) in [6.45, 7) is 1.88. The highest BCUT2D eigenvalue weighted by molar-refractivity contribution is 7.91. The molecule has 0 amide bonds. The first kappa shape index (κ1) is 14.3. The van der Waals surface area contributed by atoms with Gasteiger partial charge in [0.05, 0.1) is 17.6 Å². The molecule has 0 radical (unpaired) electrons. The third-order valence-corrected chi connectivity index (χ3v) is 4.90. The van der Waals surface area contributed by atoms with Gasteiger partial charge in [-0.3, -0.25) is 0 Å². The first-order valence-corrected chi connectivity index (χ1v) is 8.06. The average Bonchev–Trinajstić information content (AvgIpc) is 2.62. The first-order valence-electron chi connectivity index (χ1n) is 6.24. The highest BCUT2D eigenvalue weighted by atomic mass is 32.2. The van der Waals surface area contributed by atoms with Gasteiger partial charge in [0.2, 0.25) is 0 Å². The molecule has 1 saturated heterocycles. The van der Waals surface area contributed by atoms with Gasteiger partial charge in [-0.1, -0.05) is 19.1 Å². The summed E-state index contributed by atoms with van der Waals surface area (Å²) in [5.41, 5.74) is 0.787. The Labute approximate surface area is 112 Å². The summed E-state index contributed by atoms with van der Waals surface area (Å²) < 4.78 is 28.2. The fourth-order valence-electron chi connectivity index (χ4n) is 2.09. The van der Waals surface area contributed by atoms with Crippen molar-refractivity contribution in [1.82, 2.24) is 0 Å². The summed E-state index contributed by atoms with van der Waals surface area (Å²) >= 11 is 0. The second-order valence-electron chi connectivity index (χ2n) is 4.79. The maximum Gasteiger partial charge on any atom is 0.156 e. The van der Waals surface area contributed by atoms with Gasteiger partial charge >= 0.3 is 0 Å².